The molecule has 2 aromatic rings. The number of aryl methyl sites for hydroxylation is 3. The van der Waals surface area contributed by atoms with Crippen LogP contribution in [-0.4, -0.2) is 24.2 Å². The van der Waals surface area contributed by atoms with Crippen LogP contribution in [0.3, 0.4) is 0 Å². The third kappa shape index (κ3) is 5.36. The first-order chi connectivity index (χ1) is 11.8. The van der Waals surface area contributed by atoms with E-state index >= 15 is 0 Å². The minimum Gasteiger partial charge on any atom is -0.466 e. The normalized spacial score (nSPS) is 14.2. The van der Waals surface area contributed by atoms with Gasteiger partial charge in [-0.1, -0.05) is 29.8 Å². The zero-order valence-corrected chi connectivity index (χ0v) is 15.8. The summed E-state index contributed by atoms with van der Waals surface area (Å²) in [7, 11) is 0. The lowest BCUT2D eigenvalue weighted by Crippen LogP contribution is -2.44. The van der Waals surface area contributed by atoms with E-state index in [1.54, 1.807) is 6.92 Å². The van der Waals surface area contributed by atoms with E-state index in [1.807, 2.05) is 26.8 Å². The zero-order chi connectivity index (χ0) is 18.4. The summed E-state index contributed by atoms with van der Waals surface area (Å²) in [5.41, 5.74) is 2.14. The number of nitrogens with zero attached hydrogens (tertiary/aromatic N) is 1. The summed E-state index contributed by atoms with van der Waals surface area (Å²) in [5, 5.41) is 17.2. The van der Waals surface area contributed by atoms with Gasteiger partial charge in [0.2, 0.25) is 0 Å². The highest BCUT2D eigenvalue weighted by molar-refractivity contribution is 5.79. The Morgan fingerprint density at radius 1 is 1.16 bits per heavy atom. The molecular formula is C20H29N3O2. The molecular weight excluding hydrogens is 314 g/mol. The van der Waals surface area contributed by atoms with Crippen molar-refractivity contribution < 1.29 is 9.52 Å². The number of aliphatic imine (C=N–C) groups is 1. The van der Waals surface area contributed by atoms with Gasteiger partial charge in [-0.05, 0) is 46.2 Å². The number of hydrogen-bond acceptors (Lipinski definition) is 3. The minimum atomic E-state index is -1.04. The minimum absolute atomic E-state index is 0.340. The van der Waals surface area contributed by atoms with E-state index < -0.39 is 5.60 Å². The number of rotatable bonds is 6. The molecule has 136 valence electrons. The molecule has 0 spiro atoms. The molecule has 0 fully saturated rings. The Morgan fingerprint density at radius 3 is 2.40 bits per heavy atom. The molecule has 1 atom stereocenters. The largest absolute Gasteiger partial charge is 0.466 e. The first-order valence-corrected chi connectivity index (χ1v) is 8.69. The van der Waals surface area contributed by atoms with Gasteiger partial charge in [0.1, 0.15) is 17.1 Å². The van der Waals surface area contributed by atoms with Crippen LogP contribution >= 0.6 is 0 Å². The Morgan fingerprint density at radius 2 is 1.84 bits per heavy atom. The summed E-state index contributed by atoms with van der Waals surface area (Å²) in [6.07, 6.45) is 0. The second-order valence-corrected chi connectivity index (χ2v) is 6.64. The standard InChI is InChI=1S/C20H29N3O2/c1-6-21-19(22-12-17-9-7-14(2)8-10-17)23-13-20(5,24)18-11-15(3)25-16(18)4/h7-11,24H,6,12-13H2,1-5H3,(H2,21,22,23). The first kappa shape index (κ1) is 19.1. The third-order valence-electron chi connectivity index (χ3n) is 4.11. The molecule has 0 saturated carbocycles. The first-order valence-electron chi connectivity index (χ1n) is 8.69. The molecule has 0 saturated heterocycles. The van der Waals surface area contributed by atoms with E-state index in [-0.39, 0.29) is 0 Å². The van der Waals surface area contributed by atoms with Crippen LogP contribution in [0.1, 0.15) is 42.1 Å². The maximum absolute atomic E-state index is 10.8. The lowest BCUT2D eigenvalue weighted by molar-refractivity contribution is 0.0601. The summed E-state index contributed by atoms with van der Waals surface area (Å²) in [6, 6.07) is 10.2. The van der Waals surface area contributed by atoms with Crippen LogP contribution < -0.4 is 10.6 Å². The van der Waals surface area contributed by atoms with Crippen LogP contribution in [0, 0.1) is 20.8 Å². The van der Waals surface area contributed by atoms with E-state index in [0.717, 1.165) is 29.2 Å². The smallest absolute Gasteiger partial charge is 0.191 e. The van der Waals surface area contributed by atoms with Crippen molar-refractivity contribution in [2.45, 2.75) is 46.8 Å². The number of guanidine groups is 1. The van der Waals surface area contributed by atoms with Crippen molar-refractivity contribution in [3.63, 3.8) is 0 Å². The van der Waals surface area contributed by atoms with E-state index in [9.17, 15) is 5.11 Å². The van der Waals surface area contributed by atoms with Crippen LogP contribution in [0.5, 0.6) is 0 Å². The summed E-state index contributed by atoms with van der Waals surface area (Å²) >= 11 is 0. The van der Waals surface area contributed by atoms with Crippen molar-refractivity contribution in [3.8, 4) is 0 Å². The highest BCUT2D eigenvalue weighted by Crippen LogP contribution is 2.26. The fourth-order valence-corrected chi connectivity index (χ4v) is 2.72. The average molecular weight is 343 g/mol. The molecule has 0 aliphatic rings. The van der Waals surface area contributed by atoms with Gasteiger partial charge < -0.3 is 20.2 Å². The molecule has 2 rings (SSSR count). The highest BCUT2D eigenvalue weighted by atomic mass is 16.3. The van der Waals surface area contributed by atoms with E-state index in [2.05, 4.69) is 46.8 Å². The predicted molar refractivity (Wildman–Crippen MR) is 102 cm³/mol. The molecule has 1 aromatic heterocycles. The molecule has 1 heterocycles. The number of benzene rings is 1. The number of aliphatic hydroxyl groups is 1. The van der Waals surface area contributed by atoms with Gasteiger partial charge in [0, 0.05) is 12.1 Å². The molecule has 5 heteroatoms. The van der Waals surface area contributed by atoms with Crippen LogP contribution in [0.15, 0.2) is 39.7 Å². The fraction of sp³-hybridized carbons (Fsp3) is 0.450. The molecule has 0 radical (unpaired) electrons. The van der Waals surface area contributed by atoms with Gasteiger partial charge in [0.25, 0.3) is 0 Å². The maximum atomic E-state index is 10.8. The van der Waals surface area contributed by atoms with Crippen LogP contribution in [0.25, 0.3) is 0 Å². The Balaban J connectivity index is 2.04. The predicted octanol–water partition coefficient (Wildman–Crippen LogP) is 3.17. The van der Waals surface area contributed by atoms with Crippen molar-refractivity contribution in [2.75, 3.05) is 13.1 Å². The Hall–Kier alpha value is -2.27. The molecule has 1 unspecified atom stereocenters. The van der Waals surface area contributed by atoms with Crippen molar-refractivity contribution in [2.24, 2.45) is 4.99 Å². The molecule has 0 bridgehead atoms. The van der Waals surface area contributed by atoms with E-state index in [1.165, 1.54) is 5.56 Å². The second kappa shape index (κ2) is 8.21. The summed E-state index contributed by atoms with van der Waals surface area (Å²) in [4.78, 5) is 4.60. The summed E-state index contributed by atoms with van der Waals surface area (Å²) in [5.74, 6) is 2.22. The van der Waals surface area contributed by atoms with Crippen molar-refractivity contribution in [1.82, 2.24) is 10.6 Å². The van der Waals surface area contributed by atoms with Gasteiger partial charge in [0.15, 0.2) is 5.96 Å². The van der Waals surface area contributed by atoms with Crippen molar-refractivity contribution >= 4 is 5.96 Å². The third-order valence-corrected chi connectivity index (χ3v) is 4.11. The lowest BCUT2D eigenvalue weighted by atomic mass is 9.96. The van der Waals surface area contributed by atoms with Crippen molar-refractivity contribution in [1.29, 1.82) is 0 Å². The van der Waals surface area contributed by atoms with Crippen LogP contribution in [0.4, 0.5) is 0 Å². The number of hydrogen-bond donors (Lipinski definition) is 3. The van der Waals surface area contributed by atoms with Gasteiger partial charge in [-0.3, -0.25) is 0 Å². The second-order valence-electron chi connectivity index (χ2n) is 6.64. The van der Waals surface area contributed by atoms with Gasteiger partial charge in [-0.25, -0.2) is 4.99 Å². The van der Waals surface area contributed by atoms with Crippen LogP contribution in [-0.2, 0) is 12.1 Å². The average Bonchev–Trinajstić information content (AvgIpc) is 2.91. The van der Waals surface area contributed by atoms with Gasteiger partial charge in [-0.2, -0.15) is 0 Å². The molecule has 0 amide bonds. The van der Waals surface area contributed by atoms with Gasteiger partial charge >= 0.3 is 0 Å². The SMILES string of the molecule is CCNC(=NCc1ccc(C)cc1)NCC(C)(O)c1cc(C)oc1C. The zero-order valence-electron chi connectivity index (χ0n) is 15.8. The number of nitrogens with one attached hydrogen (secondary N) is 2. The highest BCUT2D eigenvalue weighted by Gasteiger charge is 2.27. The van der Waals surface area contributed by atoms with Crippen LogP contribution in [0.2, 0.25) is 0 Å². The summed E-state index contributed by atoms with van der Waals surface area (Å²) in [6.45, 7) is 11.3. The molecule has 0 aliphatic heterocycles. The van der Waals surface area contributed by atoms with E-state index in [4.69, 9.17) is 4.42 Å². The molecule has 1 aromatic carbocycles. The van der Waals surface area contributed by atoms with E-state index in [0.29, 0.717) is 19.0 Å². The Kier molecular flexibility index (Phi) is 6.26. The molecule has 0 aliphatic carbocycles. The van der Waals surface area contributed by atoms with Gasteiger partial charge in [-0.15, -0.1) is 0 Å². The topological polar surface area (TPSA) is 69.8 Å². The monoisotopic (exact) mass is 343 g/mol. The lowest BCUT2D eigenvalue weighted by Gasteiger charge is -2.24. The fourth-order valence-electron chi connectivity index (χ4n) is 2.72. The maximum Gasteiger partial charge on any atom is 0.191 e. The Labute approximate surface area is 150 Å². The molecule has 5 nitrogen and oxygen atoms in total. The molecule has 25 heavy (non-hydrogen) atoms. The summed E-state index contributed by atoms with van der Waals surface area (Å²) < 4.78 is 5.54. The number of furan rings is 1. The molecule has 3 N–H and O–H groups in total. The quantitative estimate of drug-likeness (QED) is 0.557. The van der Waals surface area contributed by atoms with Crippen molar-refractivity contribution in [3.05, 3.63) is 58.5 Å². The van der Waals surface area contributed by atoms with Gasteiger partial charge in [0.05, 0.1) is 13.1 Å². The Bertz CT molecular complexity index is 715.